The van der Waals surface area contributed by atoms with Gasteiger partial charge in [-0.3, -0.25) is 0 Å². The van der Waals surface area contributed by atoms with Crippen molar-refractivity contribution in [3.63, 3.8) is 0 Å². The maximum Gasteiger partial charge on any atom is 0.0593 e. The van der Waals surface area contributed by atoms with Gasteiger partial charge in [0.15, 0.2) is 0 Å². The molecule has 96 valence electrons. The van der Waals surface area contributed by atoms with Crippen molar-refractivity contribution in [2.45, 2.75) is 33.1 Å². The van der Waals surface area contributed by atoms with Gasteiger partial charge in [0.1, 0.15) is 0 Å². The molecule has 0 amide bonds. The van der Waals surface area contributed by atoms with E-state index >= 15 is 0 Å². The predicted molar refractivity (Wildman–Crippen MR) is 68.8 cm³/mol. The highest BCUT2D eigenvalue weighted by Gasteiger charge is 2.18. The standard InChI is InChI=1S/C13H28N2O/c1-3-9-16-10-8-15-7-5-6-13(12-15)11-14-4-2/h13-14H,3-12H2,1-2H3. The third kappa shape index (κ3) is 5.83. The molecule has 1 aliphatic heterocycles. The monoisotopic (exact) mass is 228 g/mol. The maximum absolute atomic E-state index is 5.54. The molecule has 0 bridgehead atoms. The summed E-state index contributed by atoms with van der Waals surface area (Å²) in [5.74, 6) is 0.847. The average Bonchev–Trinajstić information content (AvgIpc) is 2.33. The molecule has 1 N–H and O–H groups in total. The number of nitrogens with one attached hydrogen (secondary N) is 1. The molecule has 0 aromatic carbocycles. The highest BCUT2D eigenvalue weighted by molar-refractivity contribution is 4.74. The predicted octanol–water partition coefficient (Wildman–Crippen LogP) is 1.73. The van der Waals surface area contributed by atoms with Gasteiger partial charge in [0.2, 0.25) is 0 Å². The first kappa shape index (κ1) is 13.9. The van der Waals surface area contributed by atoms with E-state index in [4.69, 9.17) is 4.74 Å². The fourth-order valence-corrected chi connectivity index (χ4v) is 2.31. The first-order valence-electron chi connectivity index (χ1n) is 6.87. The van der Waals surface area contributed by atoms with E-state index in [-0.39, 0.29) is 0 Å². The second-order valence-electron chi connectivity index (χ2n) is 4.73. The van der Waals surface area contributed by atoms with Crippen LogP contribution in [0.3, 0.4) is 0 Å². The van der Waals surface area contributed by atoms with Crippen LogP contribution in [0.15, 0.2) is 0 Å². The van der Waals surface area contributed by atoms with Crippen molar-refractivity contribution < 1.29 is 4.74 Å². The van der Waals surface area contributed by atoms with Gasteiger partial charge in [-0.2, -0.15) is 0 Å². The molecule has 1 atom stereocenters. The van der Waals surface area contributed by atoms with E-state index in [1.54, 1.807) is 0 Å². The molecule has 0 aliphatic carbocycles. The van der Waals surface area contributed by atoms with Crippen LogP contribution >= 0.6 is 0 Å². The van der Waals surface area contributed by atoms with E-state index in [2.05, 4.69) is 24.1 Å². The molecule has 1 unspecified atom stereocenters. The van der Waals surface area contributed by atoms with Crippen LogP contribution in [0.1, 0.15) is 33.1 Å². The molecule has 1 aliphatic rings. The summed E-state index contributed by atoms with van der Waals surface area (Å²) in [4.78, 5) is 2.56. The lowest BCUT2D eigenvalue weighted by molar-refractivity contribution is 0.0851. The van der Waals surface area contributed by atoms with Crippen LogP contribution < -0.4 is 5.32 Å². The van der Waals surface area contributed by atoms with Crippen molar-refractivity contribution in [3.8, 4) is 0 Å². The zero-order valence-electron chi connectivity index (χ0n) is 11.0. The lowest BCUT2D eigenvalue weighted by Gasteiger charge is -2.32. The van der Waals surface area contributed by atoms with E-state index in [0.29, 0.717) is 0 Å². The van der Waals surface area contributed by atoms with Gasteiger partial charge < -0.3 is 15.0 Å². The summed E-state index contributed by atoms with van der Waals surface area (Å²) in [6, 6.07) is 0. The lowest BCUT2D eigenvalue weighted by Crippen LogP contribution is -2.41. The summed E-state index contributed by atoms with van der Waals surface area (Å²) < 4.78 is 5.54. The normalized spacial score (nSPS) is 22.5. The summed E-state index contributed by atoms with van der Waals surface area (Å²) in [6.45, 7) is 12.1. The molecule has 0 aromatic rings. The van der Waals surface area contributed by atoms with Crippen LogP contribution in [0.4, 0.5) is 0 Å². The Morgan fingerprint density at radius 2 is 2.19 bits per heavy atom. The van der Waals surface area contributed by atoms with E-state index < -0.39 is 0 Å². The second kappa shape index (κ2) is 8.97. The van der Waals surface area contributed by atoms with Crippen molar-refractivity contribution in [1.82, 2.24) is 10.2 Å². The largest absolute Gasteiger partial charge is 0.380 e. The minimum atomic E-state index is 0.847. The van der Waals surface area contributed by atoms with Crippen molar-refractivity contribution in [2.75, 3.05) is 45.9 Å². The molecular weight excluding hydrogens is 200 g/mol. The fraction of sp³-hybridized carbons (Fsp3) is 1.00. The van der Waals surface area contributed by atoms with Gasteiger partial charge in [-0.1, -0.05) is 13.8 Å². The number of likely N-dealkylation sites (tertiary alicyclic amines) is 1. The van der Waals surface area contributed by atoms with Gasteiger partial charge >= 0.3 is 0 Å². The Morgan fingerprint density at radius 3 is 2.94 bits per heavy atom. The number of hydrogen-bond donors (Lipinski definition) is 1. The minimum Gasteiger partial charge on any atom is -0.380 e. The van der Waals surface area contributed by atoms with Gasteiger partial charge in [-0.15, -0.1) is 0 Å². The maximum atomic E-state index is 5.54. The van der Waals surface area contributed by atoms with Crippen LogP contribution in [0.2, 0.25) is 0 Å². The second-order valence-corrected chi connectivity index (χ2v) is 4.73. The van der Waals surface area contributed by atoms with E-state index in [1.165, 1.54) is 32.5 Å². The van der Waals surface area contributed by atoms with E-state index in [9.17, 15) is 0 Å². The Kier molecular flexibility index (Phi) is 7.81. The number of piperidine rings is 1. The first-order chi connectivity index (χ1) is 7.86. The van der Waals surface area contributed by atoms with Crippen LogP contribution in [-0.2, 0) is 4.74 Å². The number of hydrogen-bond acceptors (Lipinski definition) is 3. The Labute approximate surface area is 101 Å². The highest BCUT2D eigenvalue weighted by Crippen LogP contribution is 2.15. The van der Waals surface area contributed by atoms with Crippen molar-refractivity contribution in [3.05, 3.63) is 0 Å². The molecule has 1 fully saturated rings. The van der Waals surface area contributed by atoms with Crippen LogP contribution in [-0.4, -0.2) is 50.8 Å². The third-order valence-corrected chi connectivity index (χ3v) is 3.19. The third-order valence-electron chi connectivity index (χ3n) is 3.19. The highest BCUT2D eigenvalue weighted by atomic mass is 16.5. The van der Waals surface area contributed by atoms with Crippen LogP contribution in [0, 0.1) is 5.92 Å². The van der Waals surface area contributed by atoms with Gasteiger partial charge in [0.25, 0.3) is 0 Å². The molecule has 0 aromatic heterocycles. The molecule has 0 saturated carbocycles. The quantitative estimate of drug-likeness (QED) is 0.640. The first-order valence-corrected chi connectivity index (χ1v) is 6.87. The summed E-state index contributed by atoms with van der Waals surface area (Å²) in [6.07, 6.45) is 3.87. The molecule has 1 heterocycles. The van der Waals surface area contributed by atoms with Crippen molar-refractivity contribution in [1.29, 1.82) is 0 Å². The molecule has 3 heteroatoms. The molecule has 0 radical (unpaired) electrons. The fourth-order valence-electron chi connectivity index (χ4n) is 2.31. The topological polar surface area (TPSA) is 24.5 Å². The smallest absolute Gasteiger partial charge is 0.0593 e. The Balaban J connectivity index is 2.07. The Hall–Kier alpha value is -0.120. The molecule has 0 spiro atoms. The van der Waals surface area contributed by atoms with E-state index in [1.807, 2.05) is 0 Å². The van der Waals surface area contributed by atoms with Crippen molar-refractivity contribution >= 4 is 0 Å². The zero-order chi connectivity index (χ0) is 11.6. The Morgan fingerprint density at radius 1 is 1.31 bits per heavy atom. The van der Waals surface area contributed by atoms with Gasteiger partial charge in [-0.05, 0) is 44.8 Å². The number of ether oxygens (including phenoxy) is 1. The average molecular weight is 228 g/mol. The van der Waals surface area contributed by atoms with E-state index in [0.717, 1.165) is 38.6 Å². The Bertz CT molecular complexity index is 164. The van der Waals surface area contributed by atoms with Gasteiger partial charge in [0, 0.05) is 19.7 Å². The molecule has 3 nitrogen and oxygen atoms in total. The summed E-state index contributed by atoms with van der Waals surface area (Å²) >= 11 is 0. The number of nitrogens with zero attached hydrogens (tertiary/aromatic N) is 1. The SMILES string of the molecule is CCCOCCN1CCCC(CNCC)C1. The van der Waals surface area contributed by atoms with Crippen molar-refractivity contribution in [2.24, 2.45) is 5.92 Å². The molecular formula is C13H28N2O. The van der Waals surface area contributed by atoms with Crippen LogP contribution in [0.5, 0.6) is 0 Å². The minimum absolute atomic E-state index is 0.847. The zero-order valence-corrected chi connectivity index (χ0v) is 11.0. The summed E-state index contributed by atoms with van der Waals surface area (Å²) in [7, 11) is 0. The summed E-state index contributed by atoms with van der Waals surface area (Å²) in [5.41, 5.74) is 0. The molecule has 1 saturated heterocycles. The lowest BCUT2D eigenvalue weighted by atomic mass is 9.98. The van der Waals surface area contributed by atoms with Gasteiger partial charge in [0.05, 0.1) is 6.61 Å². The number of rotatable bonds is 8. The van der Waals surface area contributed by atoms with Crippen LogP contribution in [0.25, 0.3) is 0 Å². The summed E-state index contributed by atoms with van der Waals surface area (Å²) in [5, 5.41) is 3.46. The molecule has 16 heavy (non-hydrogen) atoms. The van der Waals surface area contributed by atoms with Gasteiger partial charge in [-0.25, -0.2) is 0 Å². The molecule has 1 rings (SSSR count).